The van der Waals surface area contributed by atoms with Crippen LogP contribution < -0.4 is 10.1 Å². The van der Waals surface area contributed by atoms with E-state index in [4.69, 9.17) is 0 Å². The van der Waals surface area contributed by atoms with Crippen LogP contribution in [0.3, 0.4) is 0 Å². The first kappa shape index (κ1) is 15.4. The van der Waals surface area contributed by atoms with Gasteiger partial charge in [-0.3, -0.25) is 4.68 Å². The highest BCUT2D eigenvalue weighted by atomic mass is 19.3. The Morgan fingerprint density at radius 2 is 1.95 bits per heavy atom. The van der Waals surface area contributed by atoms with Crippen LogP contribution in [0.1, 0.15) is 30.6 Å². The van der Waals surface area contributed by atoms with Gasteiger partial charge in [0.25, 0.3) is 0 Å². The molecule has 0 unspecified atom stereocenters. The van der Waals surface area contributed by atoms with Crippen molar-refractivity contribution in [3.63, 3.8) is 0 Å². The Labute approximate surface area is 122 Å². The molecule has 0 saturated heterocycles. The quantitative estimate of drug-likeness (QED) is 0.852. The minimum Gasteiger partial charge on any atom is -0.435 e. The first-order valence-corrected chi connectivity index (χ1v) is 6.85. The van der Waals surface area contributed by atoms with Gasteiger partial charge in [0, 0.05) is 25.8 Å². The molecular formula is C15H19F2N3O. The molecule has 0 fully saturated rings. The molecule has 0 bridgehead atoms. The molecule has 0 amide bonds. The van der Waals surface area contributed by atoms with Gasteiger partial charge < -0.3 is 10.1 Å². The second-order valence-electron chi connectivity index (χ2n) is 4.74. The van der Waals surface area contributed by atoms with E-state index in [1.807, 2.05) is 29.9 Å². The van der Waals surface area contributed by atoms with E-state index >= 15 is 0 Å². The zero-order valence-corrected chi connectivity index (χ0v) is 12.1. The normalized spacial score (nSPS) is 12.6. The van der Waals surface area contributed by atoms with Crippen LogP contribution in [-0.2, 0) is 13.6 Å². The standard InChI is InChI=1S/C15H19F2N3O/c1-3-14(18-10-12-8-9-19-20(12)2)11-4-6-13(7-5-11)21-15(16)17/h4-9,14-15,18H,3,10H2,1-2H3/t14-/m0/s1. The first-order valence-electron chi connectivity index (χ1n) is 6.85. The van der Waals surface area contributed by atoms with Crippen molar-refractivity contribution >= 4 is 0 Å². The first-order chi connectivity index (χ1) is 10.1. The zero-order valence-electron chi connectivity index (χ0n) is 12.1. The van der Waals surface area contributed by atoms with E-state index < -0.39 is 6.61 Å². The van der Waals surface area contributed by atoms with Crippen LogP contribution in [0.4, 0.5) is 8.78 Å². The van der Waals surface area contributed by atoms with Crippen LogP contribution in [0.15, 0.2) is 36.5 Å². The van der Waals surface area contributed by atoms with Crippen molar-refractivity contribution in [3.05, 3.63) is 47.8 Å². The number of rotatable bonds is 7. The lowest BCUT2D eigenvalue weighted by molar-refractivity contribution is -0.0498. The second kappa shape index (κ2) is 7.17. The average Bonchev–Trinajstić information content (AvgIpc) is 2.86. The molecule has 1 aromatic heterocycles. The fourth-order valence-corrected chi connectivity index (χ4v) is 2.18. The van der Waals surface area contributed by atoms with Crippen molar-refractivity contribution < 1.29 is 13.5 Å². The van der Waals surface area contributed by atoms with Gasteiger partial charge in [-0.25, -0.2) is 0 Å². The zero-order chi connectivity index (χ0) is 15.2. The largest absolute Gasteiger partial charge is 0.435 e. The molecule has 2 rings (SSSR count). The number of hydrogen-bond donors (Lipinski definition) is 1. The highest BCUT2D eigenvalue weighted by molar-refractivity contribution is 5.29. The van der Waals surface area contributed by atoms with Crippen LogP contribution in [0.5, 0.6) is 5.75 Å². The Bertz CT molecular complexity index is 554. The van der Waals surface area contributed by atoms with Gasteiger partial charge >= 0.3 is 6.61 Å². The topological polar surface area (TPSA) is 39.1 Å². The van der Waals surface area contributed by atoms with Gasteiger partial charge in [-0.1, -0.05) is 19.1 Å². The lowest BCUT2D eigenvalue weighted by Gasteiger charge is -2.18. The Hall–Kier alpha value is -1.95. The third kappa shape index (κ3) is 4.26. The number of benzene rings is 1. The average molecular weight is 295 g/mol. The van der Waals surface area contributed by atoms with Gasteiger partial charge in [0.1, 0.15) is 5.75 Å². The van der Waals surface area contributed by atoms with E-state index in [-0.39, 0.29) is 11.8 Å². The van der Waals surface area contributed by atoms with Crippen LogP contribution in [0.2, 0.25) is 0 Å². The minimum atomic E-state index is -2.79. The summed E-state index contributed by atoms with van der Waals surface area (Å²) in [6.07, 6.45) is 2.65. The van der Waals surface area contributed by atoms with E-state index in [9.17, 15) is 8.78 Å². The molecule has 2 aromatic rings. The molecular weight excluding hydrogens is 276 g/mol. The van der Waals surface area contributed by atoms with E-state index in [0.29, 0.717) is 6.54 Å². The molecule has 21 heavy (non-hydrogen) atoms. The molecule has 4 nitrogen and oxygen atoms in total. The van der Waals surface area contributed by atoms with E-state index in [1.165, 1.54) is 0 Å². The van der Waals surface area contributed by atoms with Crippen molar-refractivity contribution in [2.45, 2.75) is 32.5 Å². The summed E-state index contributed by atoms with van der Waals surface area (Å²) < 4.78 is 30.4. The van der Waals surface area contributed by atoms with E-state index in [0.717, 1.165) is 17.7 Å². The van der Waals surface area contributed by atoms with Crippen molar-refractivity contribution in [2.24, 2.45) is 7.05 Å². The maximum atomic E-state index is 12.1. The number of hydrogen-bond acceptors (Lipinski definition) is 3. The van der Waals surface area contributed by atoms with Crippen LogP contribution >= 0.6 is 0 Å². The number of ether oxygens (including phenoxy) is 1. The number of halogens is 2. The summed E-state index contributed by atoms with van der Waals surface area (Å²) in [6.45, 7) is -0.0183. The third-order valence-corrected chi connectivity index (χ3v) is 3.37. The molecule has 1 heterocycles. The predicted octanol–water partition coefficient (Wildman–Crippen LogP) is 3.26. The summed E-state index contributed by atoms with van der Waals surface area (Å²) in [4.78, 5) is 0. The summed E-state index contributed by atoms with van der Waals surface area (Å²) >= 11 is 0. The highest BCUT2D eigenvalue weighted by Crippen LogP contribution is 2.21. The predicted molar refractivity (Wildman–Crippen MR) is 76.2 cm³/mol. The minimum absolute atomic E-state index is 0.153. The highest BCUT2D eigenvalue weighted by Gasteiger charge is 2.11. The van der Waals surface area contributed by atoms with Crippen molar-refractivity contribution in [2.75, 3.05) is 0 Å². The number of nitrogens with zero attached hydrogens (tertiary/aromatic N) is 2. The SMILES string of the molecule is CC[C@H](NCc1ccnn1C)c1ccc(OC(F)F)cc1. The monoisotopic (exact) mass is 295 g/mol. The maximum absolute atomic E-state index is 12.1. The second-order valence-corrected chi connectivity index (χ2v) is 4.74. The fraction of sp³-hybridized carbons (Fsp3) is 0.400. The van der Waals surface area contributed by atoms with Crippen molar-refractivity contribution in [1.29, 1.82) is 0 Å². The van der Waals surface area contributed by atoms with Gasteiger partial charge in [-0.15, -0.1) is 0 Å². The Morgan fingerprint density at radius 1 is 1.24 bits per heavy atom. The molecule has 6 heteroatoms. The Kier molecular flexibility index (Phi) is 5.27. The molecule has 1 N–H and O–H groups in total. The summed E-state index contributed by atoms with van der Waals surface area (Å²) in [5.74, 6) is 0.176. The van der Waals surface area contributed by atoms with Crippen molar-refractivity contribution in [1.82, 2.24) is 15.1 Å². The molecule has 0 aliphatic rings. The number of aromatic nitrogens is 2. The third-order valence-electron chi connectivity index (χ3n) is 3.37. The molecule has 0 spiro atoms. The fourth-order valence-electron chi connectivity index (χ4n) is 2.18. The van der Waals surface area contributed by atoms with Crippen LogP contribution in [-0.4, -0.2) is 16.4 Å². The van der Waals surface area contributed by atoms with Gasteiger partial charge in [0.2, 0.25) is 0 Å². The van der Waals surface area contributed by atoms with E-state index in [1.54, 1.807) is 18.3 Å². The van der Waals surface area contributed by atoms with Gasteiger partial charge in [-0.2, -0.15) is 13.9 Å². The van der Waals surface area contributed by atoms with Crippen LogP contribution in [0.25, 0.3) is 0 Å². The van der Waals surface area contributed by atoms with Gasteiger partial charge in [0.05, 0.1) is 5.69 Å². The number of alkyl halides is 2. The molecule has 0 radical (unpaired) electrons. The number of nitrogens with one attached hydrogen (secondary N) is 1. The summed E-state index contributed by atoms with van der Waals surface area (Å²) in [5, 5.41) is 7.56. The van der Waals surface area contributed by atoms with Crippen molar-refractivity contribution in [3.8, 4) is 5.75 Å². The molecule has 1 aromatic carbocycles. The summed E-state index contributed by atoms with van der Waals surface area (Å²) in [7, 11) is 1.90. The lowest BCUT2D eigenvalue weighted by Crippen LogP contribution is -2.21. The maximum Gasteiger partial charge on any atom is 0.387 e. The smallest absolute Gasteiger partial charge is 0.387 e. The lowest BCUT2D eigenvalue weighted by atomic mass is 10.0. The summed E-state index contributed by atoms with van der Waals surface area (Å²) in [6, 6.07) is 8.86. The van der Waals surface area contributed by atoms with E-state index in [2.05, 4.69) is 22.1 Å². The molecule has 0 saturated carbocycles. The van der Waals surface area contributed by atoms with Gasteiger partial charge in [0.15, 0.2) is 0 Å². The Balaban J connectivity index is 1.98. The Morgan fingerprint density at radius 3 is 2.48 bits per heavy atom. The number of aryl methyl sites for hydroxylation is 1. The van der Waals surface area contributed by atoms with Crippen LogP contribution in [0, 0.1) is 0 Å². The molecule has 1 atom stereocenters. The molecule has 114 valence electrons. The molecule has 0 aliphatic carbocycles. The molecule has 0 aliphatic heterocycles. The van der Waals surface area contributed by atoms with Gasteiger partial charge in [-0.05, 0) is 30.2 Å². The summed E-state index contributed by atoms with van der Waals surface area (Å²) in [5.41, 5.74) is 2.13.